The molecule has 0 aromatic carbocycles. The molecule has 0 bridgehead atoms. The van der Waals surface area contributed by atoms with Crippen molar-refractivity contribution in [3.05, 3.63) is 24.0 Å². The first-order valence-electron chi connectivity index (χ1n) is 3.45. The maximum absolute atomic E-state index is 10.8. The molecular weight excluding hydrogens is 142 g/mol. The average molecular weight is 151 g/mol. The van der Waals surface area contributed by atoms with Gasteiger partial charge in [-0.3, -0.25) is 0 Å². The fourth-order valence-electron chi connectivity index (χ4n) is 1.26. The topological polar surface area (TPSA) is 44.4 Å². The van der Waals surface area contributed by atoms with Crippen LogP contribution in [0.2, 0.25) is 0 Å². The van der Waals surface area contributed by atoms with Gasteiger partial charge in [0, 0.05) is 13.2 Å². The number of carbonyl (C=O) groups is 1. The molecule has 2 aliphatic rings. The number of allylic oxidation sites excluding steroid dienone is 2. The van der Waals surface area contributed by atoms with Crippen LogP contribution in [0.1, 0.15) is 0 Å². The van der Waals surface area contributed by atoms with Crippen LogP contribution in [0.15, 0.2) is 24.0 Å². The molecule has 1 fully saturated rings. The van der Waals surface area contributed by atoms with Gasteiger partial charge in [0.05, 0.1) is 5.70 Å². The Labute approximate surface area is 64.6 Å². The Kier molecular flexibility index (Phi) is 1.15. The summed E-state index contributed by atoms with van der Waals surface area (Å²) in [6.45, 7) is 0. The van der Waals surface area contributed by atoms with Crippen molar-refractivity contribution >= 4 is 6.03 Å². The van der Waals surface area contributed by atoms with E-state index in [1.807, 2.05) is 30.3 Å². The van der Waals surface area contributed by atoms with Crippen molar-refractivity contribution < 1.29 is 4.79 Å². The highest BCUT2D eigenvalue weighted by Crippen LogP contribution is 2.13. The van der Waals surface area contributed by atoms with Gasteiger partial charge in [0.2, 0.25) is 0 Å². The van der Waals surface area contributed by atoms with Crippen molar-refractivity contribution in [3.63, 3.8) is 0 Å². The van der Waals surface area contributed by atoms with Gasteiger partial charge in [-0.05, 0) is 12.2 Å². The van der Waals surface area contributed by atoms with E-state index in [2.05, 4.69) is 10.6 Å². The molecule has 0 radical (unpaired) electrons. The van der Waals surface area contributed by atoms with Crippen LogP contribution in [0.4, 0.5) is 4.79 Å². The molecule has 1 atom stereocenters. The summed E-state index contributed by atoms with van der Waals surface area (Å²) >= 11 is 0. The number of hydrogen-bond acceptors (Lipinski definition) is 2. The third kappa shape index (κ3) is 0.869. The van der Waals surface area contributed by atoms with Gasteiger partial charge >= 0.3 is 6.03 Å². The van der Waals surface area contributed by atoms with Crippen molar-refractivity contribution in [1.29, 1.82) is 0 Å². The first-order chi connectivity index (χ1) is 5.27. The Morgan fingerprint density at radius 3 is 3.18 bits per heavy atom. The summed E-state index contributed by atoms with van der Waals surface area (Å²) in [6, 6.07) is -0.128. The van der Waals surface area contributed by atoms with E-state index in [1.165, 1.54) is 0 Å². The van der Waals surface area contributed by atoms with Gasteiger partial charge in [0.1, 0.15) is 6.17 Å². The number of amides is 2. The number of nitrogens with zero attached hydrogens (tertiary/aromatic N) is 1. The molecule has 4 heteroatoms. The number of rotatable bonds is 0. The molecule has 0 spiro atoms. The highest BCUT2D eigenvalue weighted by Gasteiger charge is 2.28. The maximum Gasteiger partial charge on any atom is 0.321 e. The van der Waals surface area contributed by atoms with Crippen LogP contribution < -0.4 is 10.6 Å². The van der Waals surface area contributed by atoms with Crippen LogP contribution in [-0.2, 0) is 0 Å². The second-order valence-electron chi connectivity index (χ2n) is 2.63. The lowest BCUT2D eigenvalue weighted by Crippen LogP contribution is -2.38. The molecule has 2 heterocycles. The molecular formula is C7H9N3O. The van der Waals surface area contributed by atoms with Gasteiger partial charge in [0.25, 0.3) is 0 Å². The lowest BCUT2D eigenvalue weighted by atomic mass is 10.2. The summed E-state index contributed by atoms with van der Waals surface area (Å²) in [4.78, 5) is 12.8. The van der Waals surface area contributed by atoms with E-state index in [-0.39, 0.29) is 12.2 Å². The van der Waals surface area contributed by atoms with E-state index in [0.29, 0.717) is 0 Å². The fourth-order valence-corrected chi connectivity index (χ4v) is 1.26. The van der Waals surface area contributed by atoms with Gasteiger partial charge in [-0.2, -0.15) is 0 Å². The van der Waals surface area contributed by atoms with E-state index >= 15 is 0 Å². The number of fused-ring (bicyclic) bond motifs is 1. The number of likely N-dealkylation sites (N-methyl/N-ethyl adjacent to an activating group) is 1. The Morgan fingerprint density at radius 1 is 1.64 bits per heavy atom. The van der Waals surface area contributed by atoms with Crippen LogP contribution in [0, 0.1) is 0 Å². The summed E-state index contributed by atoms with van der Waals surface area (Å²) in [7, 11) is 1.92. The lowest BCUT2D eigenvalue weighted by Gasteiger charge is -2.24. The van der Waals surface area contributed by atoms with Gasteiger partial charge in [-0.15, -0.1) is 0 Å². The zero-order valence-electron chi connectivity index (χ0n) is 6.16. The minimum atomic E-state index is -0.128. The molecule has 0 aliphatic carbocycles. The minimum Gasteiger partial charge on any atom is -0.356 e. The van der Waals surface area contributed by atoms with Gasteiger partial charge < -0.3 is 15.5 Å². The normalized spacial score (nSPS) is 27.4. The van der Waals surface area contributed by atoms with Crippen molar-refractivity contribution in [2.45, 2.75) is 6.17 Å². The van der Waals surface area contributed by atoms with Crippen molar-refractivity contribution in [2.24, 2.45) is 0 Å². The van der Waals surface area contributed by atoms with Crippen LogP contribution in [0.25, 0.3) is 0 Å². The van der Waals surface area contributed by atoms with E-state index in [1.54, 1.807) is 0 Å². The number of carbonyl (C=O) groups excluding carboxylic acids is 1. The van der Waals surface area contributed by atoms with E-state index < -0.39 is 0 Å². The van der Waals surface area contributed by atoms with Crippen molar-refractivity contribution in [3.8, 4) is 0 Å². The molecule has 0 aromatic heterocycles. The molecule has 1 unspecified atom stereocenters. The van der Waals surface area contributed by atoms with Crippen LogP contribution in [-0.4, -0.2) is 24.1 Å². The predicted octanol–water partition coefficient (Wildman–Crippen LogP) is -0.0317. The van der Waals surface area contributed by atoms with Gasteiger partial charge in [0.15, 0.2) is 0 Å². The zero-order valence-corrected chi connectivity index (χ0v) is 6.16. The summed E-state index contributed by atoms with van der Waals surface area (Å²) in [5, 5.41) is 5.47. The van der Waals surface area contributed by atoms with Gasteiger partial charge in [-0.25, -0.2) is 4.79 Å². The first-order valence-corrected chi connectivity index (χ1v) is 3.45. The number of urea groups is 1. The molecule has 0 saturated carbocycles. The molecule has 4 nitrogen and oxygen atoms in total. The molecule has 2 rings (SSSR count). The maximum atomic E-state index is 10.8. The Bertz CT molecular complexity index is 256. The molecule has 2 N–H and O–H groups in total. The minimum absolute atomic E-state index is 0.00694. The van der Waals surface area contributed by atoms with E-state index in [9.17, 15) is 4.79 Å². The number of nitrogens with one attached hydrogen (secondary N) is 2. The molecule has 1 saturated heterocycles. The monoisotopic (exact) mass is 151 g/mol. The Hall–Kier alpha value is -1.45. The average Bonchev–Trinajstić information content (AvgIpc) is 2.31. The summed E-state index contributed by atoms with van der Waals surface area (Å²) in [6.07, 6.45) is 5.72. The standard InChI is InChI=1S/C7H9N3O/c1-10-4-2-3-5-6(10)9-7(11)8-5/h2-4,6H,1H3,(H2,8,9,11). The summed E-state index contributed by atoms with van der Waals surface area (Å²) in [5.41, 5.74) is 0.917. The molecule has 2 amide bonds. The SMILES string of the molecule is CN1C=CC=C2NC(=O)NC21. The fraction of sp³-hybridized carbons (Fsp3) is 0.286. The first kappa shape index (κ1) is 6.27. The molecule has 11 heavy (non-hydrogen) atoms. The van der Waals surface area contributed by atoms with Gasteiger partial charge in [-0.1, -0.05) is 0 Å². The summed E-state index contributed by atoms with van der Waals surface area (Å²) in [5.74, 6) is 0. The smallest absolute Gasteiger partial charge is 0.321 e. The molecule has 58 valence electrons. The largest absolute Gasteiger partial charge is 0.356 e. The van der Waals surface area contributed by atoms with E-state index in [4.69, 9.17) is 0 Å². The summed E-state index contributed by atoms with van der Waals surface area (Å²) < 4.78 is 0. The zero-order chi connectivity index (χ0) is 7.84. The Morgan fingerprint density at radius 2 is 2.45 bits per heavy atom. The molecule has 0 aromatic rings. The second-order valence-corrected chi connectivity index (χ2v) is 2.63. The third-order valence-corrected chi connectivity index (χ3v) is 1.82. The molecule has 2 aliphatic heterocycles. The highest BCUT2D eigenvalue weighted by molar-refractivity contribution is 5.80. The number of hydrogen-bond donors (Lipinski definition) is 2. The van der Waals surface area contributed by atoms with Crippen LogP contribution in [0.5, 0.6) is 0 Å². The third-order valence-electron chi connectivity index (χ3n) is 1.82. The quantitative estimate of drug-likeness (QED) is 0.510. The van der Waals surface area contributed by atoms with Crippen LogP contribution in [0.3, 0.4) is 0 Å². The van der Waals surface area contributed by atoms with Crippen LogP contribution >= 0.6 is 0 Å². The van der Waals surface area contributed by atoms with Crippen molar-refractivity contribution in [2.75, 3.05) is 7.05 Å². The lowest BCUT2D eigenvalue weighted by molar-refractivity contribution is 0.242. The van der Waals surface area contributed by atoms with E-state index in [0.717, 1.165) is 5.70 Å². The second kappa shape index (κ2) is 2.02. The highest BCUT2D eigenvalue weighted by atomic mass is 16.2. The van der Waals surface area contributed by atoms with Crippen molar-refractivity contribution in [1.82, 2.24) is 15.5 Å². The predicted molar refractivity (Wildman–Crippen MR) is 40.4 cm³/mol. The Balaban J connectivity index is 2.28.